The Morgan fingerprint density at radius 2 is 2.05 bits per heavy atom. The summed E-state index contributed by atoms with van der Waals surface area (Å²) in [6.07, 6.45) is 5.11. The molecule has 4 aromatic rings. The Bertz CT molecular complexity index is 1370. The Morgan fingerprint density at radius 3 is 2.81 bits per heavy atom. The summed E-state index contributed by atoms with van der Waals surface area (Å²) in [7, 11) is 0. The Balaban J connectivity index is 1.26. The van der Waals surface area contributed by atoms with Gasteiger partial charge in [-0.15, -0.1) is 22.7 Å². The molecule has 192 valence electrons. The number of amides is 1. The molecule has 5 rings (SSSR count). The Labute approximate surface area is 222 Å². The highest BCUT2D eigenvalue weighted by Crippen LogP contribution is 2.33. The van der Waals surface area contributed by atoms with Gasteiger partial charge in [0, 0.05) is 40.8 Å². The molecule has 1 saturated heterocycles. The number of aromatic nitrogens is 3. The number of benzene rings is 1. The fraction of sp³-hybridized carbons (Fsp3) is 0.308. The number of rotatable bonds is 8. The first-order chi connectivity index (χ1) is 18.0. The number of hydrogen-bond donors (Lipinski definition) is 2. The molecule has 0 aliphatic carbocycles. The average Bonchev–Trinajstić information content (AvgIpc) is 3.67. The molecule has 0 spiro atoms. The summed E-state index contributed by atoms with van der Waals surface area (Å²) in [6, 6.07) is 9.58. The molecule has 0 unspecified atom stereocenters. The van der Waals surface area contributed by atoms with Gasteiger partial charge >= 0.3 is 5.97 Å². The predicted octanol–water partition coefficient (Wildman–Crippen LogP) is 4.73. The third-order valence-electron chi connectivity index (χ3n) is 6.24. The molecule has 1 aliphatic rings. The fourth-order valence-corrected chi connectivity index (χ4v) is 5.84. The van der Waals surface area contributed by atoms with Gasteiger partial charge in [0.2, 0.25) is 0 Å². The molecule has 0 saturated carbocycles. The van der Waals surface area contributed by atoms with Gasteiger partial charge in [0.25, 0.3) is 5.91 Å². The van der Waals surface area contributed by atoms with Crippen LogP contribution in [0.2, 0.25) is 0 Å². The zero-order valence-corrected chi connectivity index (χ0v) is 22.1. The van der Waals surface area contributed by atoms with Gasteiger partial charge in [-0.25, -0.2) is 4.98 Å². The molecule has 0 radical (unpaired) electrons. The van der Waals surface area contributed by atoms with Crippen molar-refractivity contribution in [2.24, 2.45) is 5.92 Å². The van der Waals surface area contributed by atoms with Gasteiger partial charge in [-0.1, -0.05) is 6.07 Å². The van der Waals surface area contributed by atoms with Crippen LogP contribution in [0.4, 0.5) is 17.1 Å². The number of carbonyl (C=O) groups excluding carboxylic acids is 2. The molecule has 37 heavy (non-hydrogen) atoms. The van der Waals surface area contributed by atoms with Gasteiger partial charge in [0.15, 0.2) is 0 Å². The van der Waals surface area contributed by atoms with Crippen molar-refractivity contribution < 1.29 is 14.3 Å². The van der Waals surface area contributed by atoms with Crippen molar-refractivity contribution >= 4 is 51.6 Å². The van der Waals surface area contributed by atoms with E-state index in [2.05, 4.69) is 26.4 Å². The second-order valence-electron chi connectivity index (χ2n) is 8.79. The maximum atomic E-state index is 13.1. The van der Waals surface area contributed by atoms with Gasteiger partial charge < -0.3 is 20.7 Å². The molecule has 9 nitrogen and oxygen atoms in total. The molecule has 1 amide bonds. The number of hydrogen-bond acceptors (Lipinski definition) is 9. The number of nitrogens with one attached hydrogen (secondary N) is 1. The van der Waals surface area contributed by atoms with E-state index in [1.165, 1.54) is 16.2 Å². The van der Waals surface area contributed by atoms with Gasteiger partial charge in [0.1, 0.15) is 10.7 Å². The van der Waals surface area contributed by atoms with E-state index in [1.54, 1.807) is 29.0 Å². The lowest BCUT2D eigenvalue weighted by Crippen LogP contribution is -2.37. The van der Waals surface area contributed by atoms with E-state index in [0.717, 1.165) is 16.3 Å². The van der Waals surface area contributed by atoms with Crippen molar-refractivity contribution in [3.63, 3.8) is 0 Å². The number of nitrogens with zero attached hydrogens (tertiary/aromatic N) is 4. The lowest BCUT2D eigenvalue weighted by molar-refractivity contribution is -0.148. The number of carbonyl (C=O) groups is 2. The molecule has 0 bridgehead atoms. The quantitative estimate of drug-likeness (QED) is 0.247. The summed E-state index contributed by atoms with van der Waals surface area (Å²) >= 11 is 3.09. The lowest BCUT2D eigenvalue weighted by atomic mass is 9.96. The van der Waals surface area contributed by atoms with E-state index in [4.69, 9.17) is 10.5 Å². The Morgan fingerprint density at radius 1 is 1.22 bits per heavy atom. The molecule has 1 fully saturated rings. The van der Waals surface area contributed by atoms with E-state index in [1.807, 2.05) is 41.4 Å². The maximum Gasteiger partial charge on any atom is 0.309 e. The van der Waals surface area contributed by atoms with E-state index >= 15 is 0 Å². The number of nitrogens with two attached hydrogens (primary N) is 1. The second-order valence-corrected chi connectivity index (χ2v) is 10.7. The first-order valence-corrected chi connectivity index (χ1v) is 13.9. The van der Waals surface area contributed by atoms with Crippen LogP contribution in [0.5, 0.6) is 0 Å². The normalized spacial score (nSPS) is 14.0. The third kappa shape index (κ3) is 5.83. The molecule has 11 heteroatoms. The molecular formula is C26H28N6O3S2. The SMILES string of the molecule is CCOC(=O)C1CCN(c2ccc(N)cc2NC(=O)c2csc(-c3cnn(Cc4cccs4)c3)n2)CC1. The molecular weight excluding hydrogens is 508 g/mol. The van der Waals surface area contributed by atoms with Crippen molar-refractivity contribution in [1.82, 2.24) is 14.8 Å². The van der Waals surface area contributed by atoms with Crippen LogP contribution in [0.1, 0.15) is 35.1 Å². The minimum Gasteiger partial charge on any atom is -0.466 e. The van der Waals surface area contributed by atoms with E-state index < -0.39 is 0 Å². The van der Waals surface area contributed by atoms with Crippen LogP contribution in [0.15, 0.2) is 53.5 Å². The van der Waals surface area contributed by atoms with Crippen molar-refractivity contribution in [1.29, 1.82) is 0 Å². The first-order valence-electron chi connectivity index (χ1n) is 12.1. The molecule has 3 aromatic heterocycles. The highest BCUT2D eigenvalue weighted by molar-refractivity contribution is 7.13. The van der Waals surface area contributed by atoms with Crippen LogP contribution in [-0.2, 0) is 16.1 Å². The average molecular weight is 537 g/mol. The van der Waals surface area contributed by atoms with E-state index in [-0.39, 0.29) is 17.8 Å². The summed E-state index contributed by atoms with van der Waals surface area (Å²) < 4.78 is 7.05. The van der Waals surface area contributed by atoms with Crippen LogP contribution in [0, 0.1) is 5.92 Å². The summed E-state index contributed by atoms with van der Waals surface area (Å²) in [5, 5.41) is 11.9. The highest BCUT2D eigenvalue weighted by atomic mass is 32.1. The molecule has 1 aliphatic heterocycles. The number of ether oxygens (including phenoxy) is 1. The molecule has 0 atom stereocenters. The summed E-state index contributed by atoms with van der Waals surface area (Å²) in [5.41, 5.74) is 9.29. The number of thiophene rings is 1. The van der Waals surface area contributed by atoms with Crippen LogP contribution in [-0.4, -0.2) is 46.3 Å². The largest absolute Gasteiger partial charge is 0.466 e. The van der Waals surface area contributed by atoms with Gasteiger partial charge in [0.05, 0.1) is 36.6 Å². The van der Waals surface area contributed by atoms with Crippen LogP contribution >= 0.6 is 22.7 Å². The smallest absolute Gasteiger partial charge is 0.309 e. The number of thiazole rings is 1. The fourth-order valence-electron chi connectivity index (χ4n) is 4.37. The Kier molecular flexibility index (Phi) is 7.52. The van der Waals surface area contributed by atoms with E-state index in [9.17, 15) is 9.59 Å². The van der Waals surface area contributed by atoms with Crippen molar-refractivity contribution in [2.75, 3.05) is 35.6 Å². The van der Waals surface area contributed by atoms with Crippen LogP contribution in [0.25, 0.3) is 10.6 Å². The number of esters is 1. The topological polar surface area (TPSA) is 115 Å². The number of nitrogen functional groups attached to an aromatic ring is 1. The summed E-state index contributed by atoms with van der Waals surface area (Å²) in [4.78, 5) is 33.2. The third-order valence-corrected chi connectivity index (χ3v) is 7.99. The minimum atomic E-state index is -0.304. The predicted molar refractivity (Wildman–Crippen MR) is 147 cm³/mol. The van der Waals surface area contributed by atoms with Crippen LogP contribution < -0.4 is 16.0 Å². The van der Waals surface area contributed by atoms with E-state index in [0.29, 0.717) is 56.2 Å². The minimum absolute atomic E-state index is 0.0916. The van der Waals surface area contributed by atoms with Crippen molar-refractivity contribution in [3.8, 4) is 10.6 Å². The van der Waals surface area contributed by atoms with Crippen molar-refractivity contribution in [3.05, 3.63) is 64.1 Å². The van der Waals surface area contributed by atoms with Crippen LogP contribution in [0.3, 0.4) is 0 Å². The monoisotopic (exact) mass is 536 g/mol. The van der Waals surface area contributed by atoms with Gasteiger partial charge in [-0.2, -0.15) is 5.10 Å². The molecule has 3 N–H and O–H groups in total. The molecule has 1 aromatic carbocycles. The summed E-state index contributed by atoms with van der Waals surface area (Å²) in [6.45, 7) is 4.29. The zero-order valence-electron chi connectivity index (χ0n) is 20.4. The Hall–Kier alpha value is -3.70. The second kappa shape index (κ2) is 11.1. The first kappa shape index (κ1) is 25.0. The van der Waals surface area contributed by atoms with Gasteiger partial charge in [-0.3, -0.25) is 14.3 Å². The van der Waals surface area contributed by atoms with Gasteiger partial charge in [-0.05, 0) is 49.4 Å². The standard InChI is InChI=1S/C26H28N6O3S2/c1-2-35-26(34)17-7-9-31(10-8-17)23-6-5-19(27)12-21(23)29-24(33)22-16-37-25(30-22)18-13-28-32(14-18)15-20-4-3-11-36-20/h3-6,11-14,16-17H,2,7-10,15,27H2,1H3,(H,29,33). The lowest BCUT2D eigenvalue weighted by Gasteiger charge is -2.33. The number of anilines is 3. The highest BCUT2D eigenvalue weighted by Gasteiger charge is 2.27. The maximum absolute atomic E-state index is 13.1. The summed E-state index contributed by atoms with van der Waals surface area (Å²) in [5.74, 6) is -0.530. The molecule has 4 heterocycles. The zero-order chi connectivity index (χ0) is 25.8. The van der Waals surface area contributed by atoms with Crippen molar-refractivity contribution in [2.45, 2.75) is 26.3 Å². The number of piperidine rings is 1.